The second-order valence-electron chi connectivity index (χ2n) is 18.3. The van der Waals surface area contributed by atoms with Crippen LogP contribution in [0.3, 0.4) is 0 Å². The van der Waals surface area contributed by atoms with Crippen molar-refractivity contribution < 1.29 is 63.2 Å². The number of aliphatic hydroxyl groups excluding tert-OH is 1. The molecule has 0 radical (unpaired) electrons. The van der Waals surface area contributed by atoms with Gasteiger partial charge in [0.25, 0.3) is 5.91 Å². The molecule has 0 bridgehead atoms. The first-order valence-electron chi connectivity index (χ1n) is 24.2. The van der Waals surface area contributed by atoms with Crippen molar-refractivity contribution in [1.82, 2.24) is 36.8 Å². The number of aliphatic imine (C=N–C) groups is 1. The van der Waals surface area contributed by atoms with Gasteiger partial charge >= 0.3 is 11.9 Å². The number of aliphatic hydroxyl groups is 1. The fourth-order valence-electron chi connectivity index (χ4n) is 7.81. The maximum Gasteiger partial charge on any atom is 0.326 e. The van der Waals surface area contributed by atoms with Gasteiger partial charge in [-0.15, -0.1) is 0 Å². The average molecular weight is 1030 g/mol. The number of aliphatic carboxylic acids is 2. The molecule has 23 nitrogen and oxygen atoms in total. The molecule has 404 valence electrons. The Morgan fingerprint density at radius 2 is 1.55 bits per heavy atom. The molecule has 23 heteroatoms. The van der Waals surface area contributed by atoms with Crippen LogP contribution in [0.5, 0.6) is 0 Å². The molecule has 13 N–H and O–H groups in total. The largest absolute Gasteiger partial charge is 0.480 e. The highest BCUT2D eigenvalue weighted by molar-refractivity contribution is 6.00. The van der Waals surface area contributed by atoms with Crippen LogP contribution in [0, 0.1) is 11.8 Å². The van der Waals surface area contributed by atoms with Gasteiger partial charge in [0.15, 0.2) is 5.96 Å². The Bertz CT molecular complexity index is 2360. The fourth-order valence-corrected chi connectivity index (χ4v) is 7.81. The molecule has 7 amide bonds. The Morgan fingerprint density at radius 3 is 2.16 bits per heavy atom. The number of rotatable bonds is 15. The molecule has 74 heavy (non-hydrogen) atoms. The molecule has 1 heterocycles. The first-order valence-corrected chi connectivity index (χ1v) is 24.2. The van der Waals surface area contributed by atoms with Crippen molar-refractivity contribution >= 4 is 59.2 Å². The lowest BCUT2D eigenvalue weighted by Crippen LogP contribution is -2.56. The van der Waals surface area contributed by atoms with E-state index in [2.05, 4.69) is 43.5 Å². The molecule has 10 unspecified atom stereocenters. The first-order chi connectivity index (χ1) is 34.9. The van der Waals surface area contributed by atoms with Crippen molar-refractivity contribution in [2.24, 2.45) is 28.3 Å². The summed E-state index contributed by atoms with van der Waals surface area (Å²) in [7, 11) is 2.80. The van der Waals surface area contributed by atoms with Gasteiger partial charge in [-0.05, 0) is 57.1 Å². The summed E-state index contributed by atoms with van der Waals surface area (Å²) in [6, 6.07) is 0.672. The van der Waals surface area contributed by atoms with Crippen LogP contribution in [0.2, 0.25) is 0 Å². The number of hydrogen-bond acceptors (Lipinski definition) is 12. The minimum absolute atomic E-state index is 0.00974. The Kier molecular flexibility index (Phi) is 24.4. The molecule has 0 saturated carbocycles. The standard InChI is InChI=1S/C51H72N10O13/c1-28(24-29(2)41(74-7)26-33-12-9-8-10-13-33)15-20-36-30(3)44(65)58-38(49(70)71)21-22-43(64)61(6)32(5)46(67)55-31(4)45(66)59-39(25-34-16-18-35(62)19-17-34)48(69)60-40(50(72)73)27-42(63)56-37(47(68)57-36)14-11-23-54-51(52)53/h8-10,12-13,15-18,20,24,29-31,35-41,62H,5,11,14,19,21-23,25-27H2,1-4,6-7H3,(H,55,67)(H,56,63)(H,57,68)(H,58,65)(H,59,66)(H,60,69)(H,70,71)(H,72,73)(H4,52,53,54). The summed E-state index contributed by atoms with van der Waals surface area (Å²) in [6.07, 6.45) is 7.32. The van der Waals surface area contributed by atoms with E-state index in [4.69, 9.17) is 16.2 Å². The zero-order valence-electron chi connectivity index (χ0n) is 42.7. The van der Waals surface area contributed by atoms with Gasteiger partial charge in [0.2, 0.25) is 35.4 Å². The lowest BCUT2D eigenvalue weighted by atomic mass is 9.94. The van der Waals surface area contributed by atoms with Gasteiger partial charge in [-0.2, -0.15) is 0 Å². The van der Waals surface area contributed by atoms with Gasteiger partial charge < -0.3 is 68.3 Å². The number of nitrogens with one attached hydrogen (secondary N) is 6. The van der Waals surface area contributed by atoms with Crippen LogP contribution in [0.15, 0.2) is 95.2 Å². The van der Waals surface area contributed by atoms with E-state index in [-0.39, 0.29) is 50.2 Å². The predicted octanol–water partition coefficient (Wildman–Crippen LogP) is -0.0364. The average Bonchev–Trinajstić information content (AvgIpc) is 3.35. The molecule has 0 spiro atoms. The number of nitrogens with zero attached hydrogens (tertiary/aromatic N) is 2. The summed E-state index contributed by atoms with van der Waals surface area (Å²) >= 11 is 0. The minimum Gasteiger partial charge on any atom is -0.480 e. The number of carbonyl (C=O) groups is 9. The molecule has 2 aliphatic rings. The highest BCUT2D eigenvalue weighted by Gasteiger charge is 2.34. The number of carboxylic acids is 2. The van der Waals surface area contributed by atoms with Gasteiger partial charge in [0.1, 0.15) is 35.9 Å². The number of likely N-dealkylation sites (N-methyl/N-ethyl adjacent to an activating group) is 1. The van der Waals surface area contributed by atoms with E-state index in [0.29, 0.717) is 17.6 Å². The number of methoxy groups -OCH3 is 1. The highest BCUT2D eigenvalue weighted by Crippen LogP contribution is 2.20. The van der Waals surface area contributed by atoms with Crippen LogP contribution in [0.4, 0.5) is 0 Å². The van der Waals surface area contributed by atoms with Crippen LogP contribution in [0.1, 0.15) is 78.2 Å². The Balaban J connectivity index is 2.10. The van der Waals surface area contributed by atoms with Crippen LogP contribution in [0.25, 0.3) is 0 Å². The number of ether oxygens (including phenoxy) is 1. The van der Waals surface area contributed by atoms with Gasteiger partial charge in [-0.1, -0.05) is 92.8 Å². The fraction of sp³-hybridized carbons (Fsp3) is 0.490. The number of nitrogens with two attached hydrogens (primary N) is 2. The molecule has 0 aromatic heterocycles. The molecular formula is C51H72N10O13. The molecule has 1 saturated heterocycles. The molecule has 1 aliphatic heterocycles. The smallest absolute Gasteiger partial charge is 0.326 e. The van der Waals surface area contributed by atoms with E-state index in [1.807, 2.05) is 43.3 Å². The maximum absolute atomic E-state index is 14.3. The lowest BCUT2D eigenvalue weighted by molar-refractivity contribution is -0.144. The minimum atomic E-state index is -1.92. The van der Waals surface area contributed by atoms with E-state index >= 15 is 0 Å². The summed E-state index contributed by atoms with van der Waals surface area (Å²) < 4.78 is 5.81. The topological polar surface area (TPSA) is 363 Å². The van der Waals surface area contributed by atoms with Crippen LogP contribution >= 0.6 is 0 Å². The van der Waals surface area contributed by atoms with Gasteiger partial charge in [-0.3, -0.25) is 38.6 Å². The van der Waals surface area contributed by atoms with E-state index in [1.165, 1.54) is 39.1 Å². The van der Waals surface area contributed by atoms with E-state index in [0.717, 1.165) is 10.5 Å². The Morgan fingerprint density at radius 1 is 0.905 bits per heavy atom. The Labute approximate surface area is 430 Å². The monoisotopic (exact) mass is 1030 g/mol. The molecule has 1 aromatic rings. The number of allylic oxidation sites excluding steroid dienone is 3. The molecule has 3 rings (SSSR count). The zero-order valence-corrected chi connectivity index (χ0v) is 42.7. The maximum atomic E-state index is 14.3. The molecule has 1 fully saturated rings. The van der Waals surface area contributed by atoms with Gasteiger partial charge in [0.05, 0.1) is 30.6 Å². The summed E-state index contributed by atoms with van der Waals surface area (Å²) in [6.45, 7) is 10.1. The molecule has 10 atom stereocenters. The third kappa shape index (κ3) is 20.1. The van der Waals surface area contributed by atoms with Crippen molar-refractivity contribution in [2.75, 3.05) is 20.7 Å². The summed E-state index contributed by atoms with van der Waals surface area (Å²) in [5, 5.41) is 45.3. The van der Waals surface area contributed by atoms with Crippen molar-refractivity contribution in [3.63, 3.8) is 0 Å². The second-order valence-corrected chi connectivity index (χ2v) is 18.3. The van der Waals surface area contributed by atoms with Crippen molar-refractivity contribution in [2.45, 2.75) is 128 Å². The molecule has 1 aromatic carbocycles. The number of guanidine groups is 1. The number of hydrogen-bond donors (Lipinski definition) is 11. The third-order valence-electron chi connectivity index (χ3n) is 12.4. The van der Waals surface area contributed by atoms with E-state index < -0.39 is 127 Å². The summed E-state index contributed by atoms with van der Waals surface area (Å²) in [4.78, 5) is 126. The number of carbonyl (C=O) groups excluding carboxylic acids is 7. The third-order valence-corrected chi connectivity index (χ3v) is 12.4. The van der Waals surface area contributed by atoms with Crippen LogP contribution in [-0.2, 0) is 54.3 Å². The predicted molar refractivity (Wildman–Crippen MR) is 273 cm³/mol. The second kappa shape index (κ2) is 29.8. The van der Waals surface area contributed by atoms with E-state index in [1.54, 1.807) is 26.2 Å². The number of benzene rings is 1. The SMILES string of the molecule is C=C1C(=O)NC(C)C(=O)NC(CC2=CCC(O)C=C2)C(=O)NC(C(=O)O)CC(=O)NC(CCCN=C(N)N)C(=O)NC(C=CC(C)=CC(C)C(Cc2ccccc2)OC)C(C)C(=O)NC(C(=O)O)CCC(=O)N1C. The Hall–Kier alpha value is -7.66. The lowest BCUT2D eigenvalue weighted by Gasteiger charge is -2.27. The first kappa shape index (κ1) is 60.6. The normalized spacial score (nSPS) is 25.6. The highest BCUT2D eigenvalue weighted by atomic mass is 16.5. The summed E-state index contributed by atoms with van der Waals surface area (Å²) in [5.74, 6) is -11.2. The van der Waals surface area contributed by atoms with Crippen molar-refractivity contribution in [1.29, 1.82) is 0 Å². The summed E-state index contributed by atoms with van der Waals surface area (Å²) in [5.41, 5.74) is 12.8. The number of amides is 7. The zero-order chi connectivity index (χ0) is 55.2. The number of carboxylic acid groups (broad SMARTS) is 2. The van der Waals surface area contributed by atoms with Crippen molar-refractivity contribution in [3.8, 4) is 0 Å². The van der Waals surface area contributed by atoms with Gasteiger partial charge in [0, 0.05) is 39.5 Å². The molecular weight excluding hydrogens is 961 g/mol. The van der Waals surface area contributed by atoms with Crippen LogP contribution < -0.4 is 43.4 Å². The van der Waals surface area contributed by atoms with E-state index in [9.17, 15) is 58.5 Å². The van der Waals surface area contributed by atoms with Gasteiger partial charge in [-0.25, -0.2) is 9.59 Å². The van der Waals surface area contributed by atoms with Crippen molar-refractivity contribution in [3.05, 3.63) is 95.8 Å². The molecule has 1 aliphatic carbocycles. The van der Waals surface area contributed by atoms with Crippen LogP contribution in [-0.4, -0.2) is 149 Å². The quantitative estimate of drug-likeness (QED) is 0.0361.